The number of hydrogen-bond donors (Lipinski definition) is 2. The van der Waals surface area contributed by atoms with Crippen LogP contribution >= 0.6 is 11.3 Å². The van der Waals surface area contributed by atoms with Crippen molar-refractivity contribution < 1.29 is 13.2 Å². The molecule has 3 rings (SSSR count). The molecule has 1 amide bonds. The van der Waals surface area contributed by atoms with Gasteiger partial charge in [-0.25, -0.2) is 18.5 Å². The van der Waals surface area contributed by atoms with E-state index in [0.29, 0.717) is 11.3 Å². The molecule has 0 saturated carbocycles. The number of nitrogens with zero attached hydrogens (tertiary/aromatic N) is 1. The van der Waals surface area contributed by atoms with E-state index in [-0.39, 0.29) is 23.3 Å². The molecule has 0 aliphatic carbocycles. The molecule has 6 nitrogen and oxygen atoms in total. The second-order valence-corrected chi connectivity index (χ2v) is 9.02. The van der Waals surface area contributed by atoms with Crippen molar-refractivity contribution in [2.45, 2.75) is 31.2 Å². The van der Waals surface area contributed by atoms with Crippen LogP contribution in [0.4, 0.5) is 0 Å². The van der Waals surface area contributed by atoms with Crippen LogP contribution in [0.3, 0.4) is 0 Å². The molecule has 1 atom stereocenters. The zero-order chi connectivity index (χ0) is 20.3. The van der Waals surface area contributed by atoms with Crippen molar-refractivity contribution in [2.24, 2.45) is 5.14 Å². The Morgan fingerprint density at radius 2 is 1.96 bits per heavy atom. The van der Waals surface area contributed by atoms with Gasteiger partial charge in [0.05, 0.1) is 23.1 Å². The monoisotopic (exact) mass is 415 g/mol. The third kappa shape index (κ3) is 5.03. The maximum atomic E-state index is 12.4. The zero-order valence-corrected chi connectivity index (χ0v) is 17.2. The van der Waals surface area contributed by atoms with Gasteiger partial charge in [-0.3, -0.25) is 4.79 Å². The molecule has 0 spiro atoms. The summed E-state index contributed by atoms with van der Waals surface area (Å²) in [7, 11) is -3.78. The van der Waals surface area contributed by atoms with Crippen molar-refractivity contribution in [3.8, 4) is 10.6 Å². The molecule has 1 aromatic heterocycles. The molecule has 0 bridgehead atoms. The van der Waals surface area contributed by atoms with Gasteiger partial charge in [0.15, 0.2) is 0 Å². The first-order valence-corrected chi connectivity index (χ1v) is 11.1. The number of rotatable bonds is 6. The largest absolute Gasteiger partial charge is 0.349 e. The average molecular weight is 416 g/mol. The van der Waals surface area contributed by atoms with Crippen LogP contribution in [0.5, 0.6) is 0 Å². The molecule has 28 heavy (non-hydrogen) atoms. The Kier molecular flexibility index (Phi) is 5.93. The summed E-state index contributed by atoms with van der Waals surface area (Å²) in [5.41, 5.74) is 3.55. The lowest BCUT2D eigenvalue weighted by molar-refractivity contribution is -0.121. The quantitative estimate of drug-likeness (QED) is 0.645. The van der Waals surface area contributed by atoms with Crippen LogP contribution < -0.4 is 10.5 Å². The smallest absolute Gasteiger partial charge is 0.238 e. The van der Waals surface area contributed by atoms with Gasteiger partial charge in [-0.2, -0.15) is 0 Å². The number of primary sulfonamides is 1. The number of benzene rings is 2. The van der Waals surface area contributed by atoms with Crippen molar-refractivity contribution in [2.75, 3.05) is 0 Å². The number of carbonyl (C=O) groups excluding carboxylic acids is 1. The molecule has 3 aromatic rings. The van der Waals surface area contributed by atoms with Gasteiger partial charge in [-0.1, -0.05) is 35.9 Å². The number of hydrogen-bond acceptors (Lipinski definition) is 5. The van der Waals surface area contributed by atoms with Crippen LogP contribution in [0.15, 0.2) is 58.8 Å². The molecule has 2 aromatic carbocycles. The molecule has 0 saturated heterocycles. The number of nitrogens with two attached hydrogens (primary N) is 1. The molecule has 0 radical (unpaired) electrons. The van der Waals surface area contributed by atoms with Crippen LogP contribution in [0.25, 0.3) is 10.6 Å². The van der Waals surface area contributed by atoms with E-state index >= 15 is 0 Å². The van der Waals surface area contributed by atoms with E-state index in [0.717, 1.165) is 16.1 Å². The fourth-order valence-electron chi connectivity index (χ4n) is 2.80. The molecule has 3 N–H and O–H groups in total. The minimum absolute atomic E-state index is 0.0217. The molecule has 146 valence electrons. The number of sulfonamides is 1. The second-order valence-electron chi connectivity index (χ2n) is 6.60. The van der Waals surface area contributed by atoms with Gasteiger partial charge in [0.1, 0.15) is 5.01 Å². The van der Waals surface area contributed by atoms with Crippen LogP contribution in [0.2, 0.25) is 0 Å². The Hall–Kier alpha value is -2.55. The molecular weight excluding hydrogens is 394 g/mol. The van der Waals surface area contributed by atoms with E-state index in [2.05, 4.69) is 16.4 Å². The highest BCUT2D eigenvalue weighted by Gasteiger charge is 2.15. The van der Waals surface area contributed by atoms with E-state index in [1.165, 1.54) is 23.5 Å². The molecule has 8 heteroatoms. The standard InChI is InChI=1S/C20H21N3O3S2/c1-13-5-3-7-16(9-13)20-23-17(12-27-20)11-19(24)22-14(2)15-6-4-8-18(10-15)28(21,25)26/h3-10,12,14H,11H2,1-2H3,(H,22,24)(H2,21,25,26). The fourth-order valence-corrected chi connectivity index (χ4v) is 4.19. The number of carbonyl (C=O) groups is 1. The minimum atomic E-state index is -3.78. The summed E-state index contributed by atoms with van der Waals surface area (Å²) in [6, 6.07) is 14.0. The maximum absolute atomic E-state index is 12.4. The van der Waals surface area contributed by atoms with E-state index in [1.807, 2.05) is 30.5 Å². The molecule has 1 unspecified atom stereocenters. The third-order valence-electron chi connectivity index (χ3n) is 4.22. The van der Waals surface area contributed by atoms with Crippen LogP contribution in [0, 0.1) is 6.92 Å². The van der Waals surface area contributed by atoms with Crippen molar-refractivity contribution in [3.05, 3.63) is 70.7 Å². The highest BCUT2D eigenvalue weighted by molar-refractivity contribution is 7.89. The third-order valence-corrected chi connectivity index (χ3v) is 6.07. The van der Waals surface area contributed by atoms with Crippen molar-refractivity contribution >= 4 is 27.3 Å². The minimum Gasteiger partial charge on any atom is -0.349 e. The molecule has 0 fully saturated rings. The summed E-state index contributed by atoms with van der Waals surface area (Å²) in [5, 5.41) is 10.8. The van der Waals surface area contributed by atoms with Gasteiger partial charge in [0, 0.05) is 10.9 Å². The van der Waals surface area contributed by atoms with E-state index < -0.39 is 10.0 Å². The Labute approximate surface area is 168 Å². The van der Waals surface area contributed by atoms with Crippen molar-refractivity contribution in [1.29, 1.82) is 0 Å². The predicted octanol–water partition coefficient (Wildman–Crippen LogP) is 3.19. The Bertz CT molecular complexity index is 1110. The Morgan fingerprint density at radius 1 is 1.21 bits per heavy atom. The number of aryl methyl sites for hydroxylation is 1. The lowest BCUT2D eigenvalue weighted by atomic mass is 10.1. The fraction of sp³-hybridized carbons (Fsp3) is 0.200. The van der Waals surface area contributed by atoms with Gasteiger partial charge in [-0.15, -0.1) is 11.3 Å². The van der Waals surface area contributed by atoms with Crippen LogP contribution in [0.1, 0.15) is 29.8 Å². The van der Waals surface area contributed by atoms with Gasteiger partial charge >= 0.3 is 0 Å². The summed E-state index contributed by atoms with van der Waals surface area (Å²) < 4.78 is 23.0. The average Bonchev–Trinajstić information content (AvgIpc) is 3.09. The molecule has 0 aliphatic heterocycles. The topological polar surface area (TPSA) is 102 Å². The summed E-state index contributed by atoms with van der Waals surface area (Å²) >= 11 is 1.50. The summed E-state index contributed by atoms with van der Waals surface area (Å²) in [6.07, 6.45) is 0.154. The molecular formula is C20H21N3O3S2. The highest BCUT2D eigenvalue weighted by Crippen LogP contribution is 2.25. The van der Waals surface area contributed by atoms with Crippen molar-refractivity contribution in [1.82, 2.24) is 10.3 Å². The van der Waals surface area contributed by atoms with E-state index in [4.69, 9.17) is 5.14 Å². The number of aromatic nitrogens is 1. The molecule has 0 aliphatic rings. The summed E-state index contributed by atoms with van der Waals surface area (Å²) in [4.78, 5) is 17.0. The Balaban J connectivity index is 1.66. The van der Waals surface area contributed by atoms with E-state index in [1.54, 1.807) is 19.1 Å². The second kappa shape index (κ2) is 8.22. The van der Waals surface area contributed by atoms with Gasteiger partial charge in [0.2, 0.25) is 15.9 Å². The van der Waals surface area contributed by atoms with E-state index in [9.17, 15) is 13.2 Å². The van der Waals surface area contributed by atoms with Gasteiger partial charge < -0.3 is 5.32 Å². The zero-order valence-electron chi connectivity index (χ0n) is 15.5. The maximum Gasteiger partial charge on any atom is 0.238 e. The highest BCUT2D eigenvalue weighted by atomic mass is 32.2. The first-order chi connectivity index (χ1) is 13.2. The molecule has 1 heterocycles. The van der Waals surface area contributed by atoms with Crippen LogP contribution in [-0.2, 0) is 21.2 Å². The number of thiazole rings is 1. The first-order valence-electron chi connectivity index (χ1n) is 8.66. The van der Waals surface area contributed by atoms with Gasteiger partial charge in [-0.05, 0) is 37.6 Å². The first kappa shape index (κ1) is 20.2. The SMILES string of the molecule is Cc1cccc(-c2nc(CC(=O)NC(C)c3cccc(S(N)(=O)=O)c3)cs2)c1. The normalized spacial score (nSPS) is 12.5. The number of amides is 1. The number of nitrogens with one attached hydrogen (secondary N) is 1. The van der Waals surface area contributed by atoms with Gasteiger partial charge in [0.25, 0.3) is 0 Å². The lowest BCUT2D eigenvalue weighted by Crippen LogP contribution is -2.28. The predicted molar refractivity (Wildman–Crippen MR) is 110 cm³/mol. The summed E-state index contributed by atoms with van der Waals surface area (Å²) in [6.45, 7) is 3.82. The Morgan fingerprint density at radius 3 is 2.68 bits per heavy atom. The van der Waals surface area contributed by atoms with Crippen molar-refractivity contribution in [3.63, 3.8) is 0 Å². The van der Waals surface area contributed by atoms with Crippen LogP contribution in [-0.4, -0.2) is 19.3 Å². The summed E-state index contributed by atoms with van der Waals surface area (Å²) in [5.74, 6) is -0.186. The lowest BCUT2D eigenvalue weighted by Gasteiger charge is -2.14.